The molecule has 4 aromatic carbocycles. The van der Waals surface area contributed by atoms with Gasteiger partial charge in [0.15, 0.2) is 5.78 Å². The molecule has 0 unspecified atom stereocenters. The first-order chi connectivity index (χ1) is 16.5. The molecule has 4 aromatic rings. The summed E-state index contributed by atoms with van der Waals surface area (Å²) in [6.45, 7) is -0.249. The normalized spacial score (nSPS) is 17.0. The Labute approximate surface area is 198 Å². The number of carbonyl (C=O) groups excluding carboxylic acids is 1. The number of ketones is 1. The zero-order valence-corrected chi connectivity index (χ0v) is 18.7. The van der Waals surface area contributed by atoms with Crippen LogP contribution in [0.4, 0.5) is 0 Å². The molecule has 1 aliphatic carbocycles. The Bertz CT molecular complexity index is 1330. The van der Waals surface area contributed by atoms with Crippen LogP contribution >= 0.6 is 0 Å². The number of aromatic hydroxyl groups is 2. The summed E-state index contributed by atoms with van der Waals surface area (Å²) in [5.41, 5.74) is 5.67. The summed E-state index contributed by atoms with van der Waals surface area (Å²) in [7, 11) is 0. The molecule has 1 atom stereocenters. The van der Waals surface area contributed by atoms with Gasteiger partial charge in [-0.25, -0.2) is 0 Å². The van der Waals surface area contributed by atoms with E-state index in [1.165, 1.54) is 0 Å². The molecule has 4 heteroatoms. The first-order valence-corrected chi connectivity index (χ1v) is 11.4. The van der Waals surface area contributed by atoms with Gasteiger partial charge in [0.2, 0.25) is 0 Å². The maximum absolute atomic E-state index is 13.8. The van der Waals surface area contributed by atoms with E-state index in [4.69, 9.17) is 0 Å². The molecule has 0 radical (unpaired) electrons. The van der Waals surface area contributed by atoms with Crippen LogP contribution in [-0.4, -0.2) is 27.7 Å². The van der Waals surface area contributed by atoms with Crippen LogP contribution in [0.1, 0.15) is 32.6 Å². The number of carbonyl (C=O) groups is 1. The lowest BCUT2D eigenvalue weighted by atomic mass is 9.78. The van der Waals surface area contributed by atoms with Gasteiger partial charge < -0.3 is 15.3 Å². The van der Waals surface area contributed by atoms with E-state index >= 15 is 0 Å². The molecular weight excluding hydrogens is 424 g/mol. The summed E-state index contributed by atoms with van der Waals surface area (Å²) in [5, 5.41) is 29.8. The summed E-state index contributed by atoms with van der Waals surface area (Å²) in [4.78, 5) is 13.8. The molecule has 5 rings (SSSR count). The minimum Gasteiger partial charge on any atom is -0.508 e. The predicted octanol–water partition coefficient (Wildman–Crippen LogP) is 5.32. The van der Waals surface area contributed by atoms with Gasteiger partial charge in [0.1, 0.15) is 11.5 Å². The lowest BCUT2D eigenvalue weighted by molar-refractivity contribution is 0.0677. The van der Waals surface area contributed by atoms with E-state index in [0.29, 0.717) is 24.8 Å². The van der Waals surface area contributed by atoms with Crippen molar-refractivity contribution >= 4 is 5.78 Å². The summed E-state index contributed by atoms with van der Waals surface area (Å²) in [6.07, 6.45) is 1.55. The van der Waals surface area contributed by atoms with Crippen LogP contribution in [0.15, 0.2) is 91.0 Å². The van der Waals surface area contributed by atoms with Crippen molar-refractivity contribution in [1.82, 2.24) is 0 Å². The zero-order chi connectivity index (χ0) is 23.7. The zero-order valence-electron chi connectivity index (χ0n) is 18.7. The number of phenols is 2. The van der Waals surface area contributed by atoms with Gasteiger partial charge in [-0.2, -0.15) is 0 Å². The fourth-order valence-electron chi connectivity index (χ4n) is 4.97. The van der Waals surface area contributed by atoms with Crippen molar-refractivity contribution < 1.29 is 20.1 Å². The van der Waals surface area contributed by atoms with E-state index < -0.39 is 5.41 Å². The first kappa shape index (κ1) is 21.9. The SMILES string of the molecule is O=C1c2cc(-c3ccc(O)cc3)cc(Cc3ccccc3)c2C[C@]1(CO)Cc1ccc(O)cc1. The van der Waals surface area contributed by atoms with E-state index in [1.807, 2.05) is 36.4 Å². The number of hydrogen-bond acceptors (Lipinski definition) is 4. The molecule has 3 N–H and O–H groups in total. The van der Waals surface area contributed by atoms with Crippen LogP contribution in [0.3, 0.4) is 0 Å². The summed E-state index contributed by atoms with van der Waals surface area (Å²) in [6, 6.07) is 28.0. The van der Waals surface area contributed by atoms with Crippen molar-refractivity contribution in [2.45, 2.75) is 19.3 Å². The standard InChI is InChI=1S/C30H26O4/c31-19-30(17-21-6-10-25(32)11-7-21)18-28-24(14-20-4-2-1-3-5-20)15-23(16-27(28)29(30)34)22-8-12-26(33)13-9-22/h1-13,15-16,31-33H,14,17-19H2/t30-/m0/s1. The number of rotatable bonds is 6. The molecular formula is C30H26O4. The van der Waals surface area contributed by atoms with Crippen LogP contribution in [0, 0.1) is 5.41 Å². The Balaban J connectivity index is 1.60. The molecule has 170 valence electrons. The lowest BCUT2D eigenvalue weighted by Crippen LogP contribution is -2.34. The average Bonchev–Trinajstić information content (AvgIpc) is 3.14. The van der Waals surface area contributed by atoms with Crippen LogP contribution in [0.25, 0.3) is 11.1 Å². The van der Waals surface area contributed by atoms with Crippen molar-refractivity contribution in [2.24, 2.45) is 5.41 Å². The highest BCUT2D eigenvalue weighted by Crippen LogP contribution is 2.43. The number of benzene rings is 4. The molecule has 4 nitrogen and oxygen atoms in total. The minimum atomic E-state index is -0.932. The van der Waals surface area contributed by atoms with Gasteiger partial charge in [0, 0.05) is 5.56 Å². The third kappa shape index (κ3) is 4.09. The van der Waals surface area contributed by atoms with Gasteiger partial charge in [-0.15, -0.1) is 0 Å². The van der Waals surface area contributed by atoms with E-state index in [0.717, 1.165) is 33.4 Å². The highest BCUT2D eigenvalue weighted by molar-refractivity contribution is 6.06. The van der Waals surface area contributed by atoms with Crippen LogP contribution in [-0.2, 0) is 19.3 Å². The first-order valence-electron chi connectivity index (χ1n) is 11.4. The summed E-state index contributed by atoms with van der Waals surface area (Å²) >= 11 is 0. The number of Topliss-reactive ketones (excluding diaryl/α,β-unsaturated/α-hetero) is 1. The number of hydrogen-bond donors (Lipinski definition) is 3. The van der Waals surface area contributed by atoms with Crippen LogP contribution < -0.4 is 0 Å². The maximum atomic E-state index is 13.8. The fourth-order valence-corrected chi connectivity index (χ4v) is 4.97. The number of aliphatic hydroxyl groups excluding tert-OH is 1. The third-order valence-corrected chi connectivity index (χ3v) is 6.80. The lowest BCUT2D eigenvalue weighted by Gasteiger charge is -2.25. The highest BCUT2D eigenvalue weighted by atomic mass is 16.3. The van der Waals surface area contributed by atoms with Crippen molar-refractivity contribution in [1.29, 1.82) is 0 Å². The van der Waals surface area contributed by atoms with Crippen molar-refractivity contribution in [2.75, 3.05) is 6.61 Å². The van der Waals surface area contributed by atoms with Crippen molar-refractivity contribution in [3.05, 3.63) is 119 Å². The van der Waals surface area contributed by atoms with Gasteiger partial charge in [-0.05, 0) is 83.0 Å². The van der Waals surface area contributed by atoms with Gasteiger partial charge in [0.25, 0.3) is 0 Å². The van der Waals surface area contributed by atoms with Gasteiger partial charge >= 0.3 is 0 Å². The second kappa shape index (κ2) is 8.81. The summed E-state index contributed by atoms with van der Waals surface area (Å²) < 4.78 is 0. The largest absolute Gasteiger partial charge is 0.508 e. The molecule has 0 saturated heterocycles. The minimum absolute atomic E-state index is 0.0481. The van der Waals surface area contributed by atoms with Gasteiger partial charge in [-0.1, -0.05) is 60.7 Å². The molecule has 0 amide bonds. The Morgan fingerprint density at radius 3 is 2.03 bits per heavy atom. The van der Waals surface area contributed by atoms with Crippen molar-refractivity contribution in [3.63, 3.8) is 0 Å². The van der Waals surface area contributed by atoms with Gasteiger partial charge in [0.05, 0.1) is 12.0 Å². The average molecular weight is 451 g/mol. The molecule has 0 spiro atoms. The Kier molecular flexibility index (Phi) is 5.68. The second-order valence-electron chi connectivity index (χ2n) is 9.16. The van der Waals surface area contributed by atoms with Crippen LogP contribution in [0.2, 0.25) is 0 Å². The summed E-state index contributed by atoms with van der Waals surface area (Å²) in [5.74, 6) is 0.318. The molecule has 0 heterocycles. The molecule has 34 heavy (non-hydrogen) atoms. The number of fused-ring (bicyclic) bond motifs is 1. The third-order valence-electron chi connectivity index (χ3n) is 6.80. The maximum Gasteiger partial charge on any atom is 0.172 e. The molecule has 0 saturated carbocycles. The monoisotopic (exact) mass is 450 g/mol. The Hall–Kier alpha value is -3.89. The quantitative estimate of drug-likeness (QED) is 0.372. The smallest absolute Gasteiger partial charge is 0.172 e. The van der Waals surface area contributed by atoms with Crippen molar-refractivity contribution in [3.8, 4) is 22.6 Å². The predicted molar refractivity (Wildman–Crippen MR) is 132 cm³/mol. The van der Waals surface area contributed by atoms with Gasteiger partial charge in [-0.3, -0.25) is 4.79 Å². The molecule has 0 aromatic heterocycles. The number of aliphatic hydroxyl groups is 1. The fraction of sp³-hybridized carbons (Fsp3) is 0.167. The molecule has 0 fully saturated rings. The molecule has 0 bridgehead atoms. The Morgan fingerprint density at radius 2 is 1.38 bits per heavy atom. The van der Waals surface area contributed by atoms with E-state index in [1.54, 1.807) is 36.4 Å². The van der Waals surface area contributed by atoms with E-state index in [9.17, 15) is 20.1 Å². The molecule has 0 aliphatic heterocycles. The van der Waals surface area contributed by atoms with E-state index in [-0.39, 0.29) is 23.9 Å². The second-order valence-corrected chi connectivity index (χ2v) is 9.16. The van der Waals surface area contributed by atoms with E-state index in [2.05, 4.69) is 18.2 Å². The Morgan fingerprint density at radius 1 is 0.735 bits per heavy atom. The topological polar surface area (TPSA) is 77.8 Å². The molecule has 1 aliphatic rings. The number of phenolic OH excluding ortho intramolecular Hbond substituents is 2. The van der Waals surface area contributed by atoms with Crippen LogP contribution in [0.5, 0.6) is 11.5 Å². The highest BCUT2D eigenvalue weighted by Gasteiger charge is 2.46.